The van der Waals surface area contributed by atoms with E-state index in [4.69, 9.17) is 28.0 Å². The van der Waals surface area contributed by atoms with Crippen molar-refractivity contribution >= 4 is 73.8 Å². The van der Waals surface area contributed by atoms with Crippen molar-refractivity contribution in [2.75, 3.05) is 14.2 Å². The minimum absolute atomic E-state index is 0.0404. The first-order valence-electron chi connectivity index (χ1n) is 15.4. The van der Waals surface area contributed by atoms with Crippen molar-refractivity contribution in [1.82, 2.24) is 0 Å². The Morgan fingerprint density at radius 2 is 1.06 bits per heavy atom. The monoisotopic (exact) mass is 775 g/mol. The molecule has 10 heteroatoms. The Bertz CT molecular complexity index is 2560. The van der Waals surface area contributed by atoms with Crippen LogP contribution < -0.4 is 25.0 Å². The third-order valence-corrected chi connectivity index (χ3v) is 8.68. The van der Waals surface area contributed by atoms with Crippen molar-refractivity contribution in [3.63, 3.8) is 0 Å². The minimum Gasteiger partial charge on any atom is -0.535 e. The molecule has 0 aliphatic carbocycles. The molecule has 0 bridgehead atoms. The lowest BCUT2D eigenvalue weighted by molar-refractivity contribution is 0.381. The van der Waals surface area contributed by atoms with Gasteiger partial charge in [-0.15, -0.1) is 0 Å². The van der Waals surface area contributed by atoms with Crippen LogP contribution in [0.15, 0.2) is 152 Å². The van der Waals surface area contributed by atoms with Crippen LogP contribution in [0.2, 0.25) is 0 Å². The number of fused-ring (bicyclic) bond motifs is 6. The summed E-state index contributed by atoms with van der Waals surface area (Å²) in [5.74, 6) is 1.75. The molecular formula is C40H29BIO8. The fraction of sp³-hybridized carbons (Fsp3) is 0.0500. The molecule has 0 aliphatic heterocycles. The van der Waals surface area contributed by atoms with Crippen molar-refractivity contribution in [3.05, 3.63) is 158 Å². The molecule has 0 fully saturated rings. The average molecular weight is 775 g/mol. The van der Waals surface area contributed by atoms with Crippen LogP contribution >= 0.6 is 22.6 Å². The van der Waals surface area contributed by atoms with Gasteiger partial charge in [0, 0.05) is 5.56 Å². The molecule has 0 aliphatic rings. The average Bonchev–Trinajstić information content (AvgIpc) is 3.17. The number of ether oxygens (including phenoxy) is 2. The highest BCUT2D eigenvalue weighted by Crippen LogP contribution is 2.31. The van der Waals surface area contributed by atoms with Crippen LogP contribution in [0.25, 0.3) is 54.6 Å². The molecule has 2 heterocycles. The van der Waals surface area contributed by atoms with Crippen molar-refractivity contribution in [2.24, 2.45) is 0 Å². The van der Waals surface area contributed by atoms with Gasteiger partial charge in [0.15, 0.2) is 5.75 Å². The number of benzene rings is 6. The minimum atomic E-state index is -0.0486. The Balaban J connectivity index is 0.000000139. The summed E-state index contributed by atoms with van der Waals surface area (Å²) in [6, 6.07) is 37.8. The Morgan fingerprint density at radius 3 is 1.66 bits per heavy atom. The normalized spacial score (nSPS) is 10.6. The van der Waals surface area contributed by atoms with E-state index in [9.17, 15) is 9.59 Å². The molecule has 2 aromatic heterocycles. The van der Waals surface area contributed by atoms with Gasteiger partial charge in [-0.05, 0) is 74.5 Å². The molecular weight excluding hydrogens is 746 g/mol. The molecule has 8 rings (SSSR count). The zero-order chi connectivity index (χ0) is 35.0. The molecule has 0 saturated carbocycles. The van der Waals surface area contributed by atoms with Gasteiger partial charge in [-0.25, -0.2) is 0 Å². The molecule has 8 nitrogen and oxygen atoms in total. The summed E-state index contributed by atoms with van der Waals surface area (Å²) in [5.41, 5.74) is 2.47. The Morgan fingerprint density at radius 1 is 0.560 bits per heavy atom. The third kappa shape index (κ3) is 7.07. The zero-order valence-corrected chi connectivity index (χ0v) is 29.1. The molecule has 8 aromatic rings. The summed E-state index contributed by atoms with van der Waals surface area (Å²) in [6.45, 7) is 0. The number of methoxy groups -OCH3 is 2. The van der Waals surface area contributed by atoms with Crippen molar-refractivity contribution in [2.45, 2.75) is 0 Å². The molecule has 1 radical (unpaired) electrons. The van der Waals surface area contributed by atoms with Gasteiger partial charge in [-0.1, -0.05) is 91.0 Å². The molecule has 247 valence electrons. The lowest BCUT2D eigenvalue weighted by Gasteiger charge is -2.09. The second kappa shape index (κ2) is 15.8. The van der Waals surface area contributed by atoms with Gasteiger partial charge in [0.05, 0.1) is 34.1 Å². The van der Waals surface area contributed by atoms with E-state index in [2.05, 4.69) is 0 Å². The highest BCUT2D eigenvalue weighted by molar-refractivity contribution is 14.1. The second-order valence-electron chi connectivity index (χ2n) is 10.8. The zero-order valence-electron chi connectivity index (χ0n) is 27.0. The number of halogens is 1. The number of hydrogen-bond donors (Lipinski definition) is 1. The van der Waals surface area contributed by atoms with E-state index in [1.165, 1.54) is 12.5 Å². The predicted molar refractivity (Wildman–Crippen MR) is 206 cm³/mol. The van der Waals surface area contributed by atoms with Gasteiger partial charge < -0.3 is 28.0 Å². The molecule has 0 saturated heterocycles. The lowest BCUT2D eigenvalue weighted by Crippen LogP contribution is -2.06. The van der Waals surface area contributed by atoms with Gasteiger partial charge in [-0.3, -0.25) is 9.59 Å². The molecule has 0 atom stereocenters. The highest BCUT2D eigenvalue weighted by Gasteiger charge is 2.15. The maximum absolute atomic E-state index is 13.1. The second-order valence-corrected chi connectivity index (χ2v) is 11.9. The summed E-state index contributed by atoms with van der Waals surface area (Å²) in [4.78, 5) is 25.2. The molecule has 0 unspecified atom stereocenters. The van der Waals surface area contributed by atoms with Crippen LogP contribution in [-0.4, -0.2) is 26.9 Å². The van der Waals surface area contributed by atoms with Crippen LogP contribution in [0.3, 0.4) is 0 Å². The van der Waals surface area contributed by atoms with Crippen molar-refractivity contribution < 1.29 is 28.0 Å². The summed E-state index contributed by atoms with van der Waals surface area (Å²) >= 11 is 2.00. The van der Waals surface area contributed by atoms with E-state index < -0.39 is 0 Å². The Hall–Kier alpha value is -5.59. The standard InChI is InChI=1S/C20H14O3.C13H7IO2.C7H8BO3/c1-22-17-9-5-4-8-15(17)16-12-23-18-11-10-13-6-2-3-7-14(13)19(18)20(16)21;14-10-7-16-11-6-5-8-3-1-2-4-9(8)12(11)13(10)15;1-10-6-4-2-3-5-7(6)11-8-9/h2-12H,1H3;1-7H;2-5,9H,1H3. The maximum Gasteiger partial charge on any atom is 0.569 e. The summed E-state index contributed by atoms with van der Waals surface area (Å²) in [5, 5.41) is 13.5. The number of para-hydroxylation sites is 3. The molecule has 6 aromatic carbocycles. The predicted octanol–water partition coefficient (Wildman–Crippen LogP) is 8.77. The van der Waals surface area contributed by atoms with E-state index in [-0.39, 0.29) is 10.9 Å². The van der Waals surface area contributed by atoms with Gasteiger partial charge >= 0.3 is 7.69 Å². The van der Waals surface area contributed by atoms with Crippen LogP contribution in [0.1, 0.15) is 0 Å². The van der Waals surface area contributed by atoms with E-state index in [0.717, 1.165) is 27.1 Å². The van der Waals surface area contributed by atoms with Crippen LogP contribution in [0, 0.1) is 3.57 Å². The Labute approximate surface area is 300 Å². The van der Waals surface area contributed by atoms with Gasteiger partial charge in [-0.2, -0.15) is 0 Å². The van der Waals surface area contributed by atoms with E-state index in [0.29, 0.717) is 56.0 Å². The summed E-state index contributed by atoms with van der Waals surface area (Å²) in [6.07, 6.45) is 3.01. The Kier molecular flexibility index (Phi) is 10.8. The largest absolute Gasteiger partial charge is 0.569 e. The van der Waals surface area contributed by atoms with Gasteiger partial charge in [0.1, 0.15) is 35.2 Å². The fourth-order valence-corrected chi connectivity index (χ4v) is 5.99. The first-order valence-corrected chi connectivity index (χ1v) is 16.4. The summed E-state index contributed by atoms with van der Waals surface area (Å²) in [7, 11) is 3.76. The van der Waals surface area contributed by atoms with Gasteiger partial charge in [0.2, 0.25) is 10.9 Å². The molecule has 50 heavy (non-hydrogen) atoms. The van der Waals surface area contributed by atoms with E-state index in [1.807, 2.05) is 126 Å². The van der Waals surface area contributed by atoms with E-state index >= 15 is 0 Å². The van der Waals surface area contributed by atoms with Crippen molar-refractivity contribution in [1.29, 1.82) is 0 Å². The lowest BCUT2D eigenvalue weighted by atomic mass is 10.0. The number of rotatable bonds is 5. The fourth-order valence-electron chi connectivity index (χ4n) is 5.59. The smallest absolute Gasteiger partial charge is 0.535 e. The summed E-state index contributed by atoms with van der Waals surface area (Å²) < 4.78 is 26.8. The quantitative estimate of drug-likeness (QED) is 0.105. The van der Waals surface area contributed by atoms with Crippen LogP contribution in [-0.2, 0) is 0 Å². The first-order chi connectivity index (χ1) is 24.4. The van der Waals surface area contributed by atoms with Crippen molar-refractivity contribution in [3.8, 4) is 28.4 Å². The van der Waals surface area contributed by atoms with Gasteiger partial charge in [0.25, 0.3) is 0 Å². The number of hydrogen-bond acceptors (Lipinski definition) is 8. The van der Waals surface area contributed by atoms with Crippen LogP contribution in [0.5, 0.6) is 17.2 Å². The first kappa shape index (κ1) is 34.3. The van der Waals surface area contributed by atoms with E-state index in [1.54, 1.807) is 32.4 Å². The van der Waals surface area contributed by atoms with Crippen LogP contribution in [0.4, 0.5) is 0 Å². The molecule has 0 spiro atoms. The SMILES string of the molecule is COc1ccccc1-c1coc2ccc3ccccc3c2c1=O.COc1ccccc1O[B]O.O=c1c(I)coc2ccc3ccccc3c12. The molecule has 0 amide bonds. The molecule has 1 N–H and O–H groups in total. The maximum atomic E-state index is 13.1. The topological polar surface area (TPSA) is 108 Å². The highest BCUT2D eigenvalue weighted by atomic mass is 127. The third-order valence-electron chi connectivity index (χ3n) is 7.94.